The number of para-hydroxylation sites is 1. The lowest BCUT2D eigenvalue weighted by molar-refractivity contribution is 0.0537. The molecule has 2 fully saturated rings. The summed E-state index contributed by atoms with van der Waals surface area (Å²) in [5, 5.41) is 4.48. The van der Waals surface area contributed by atoms with Crippen molar-refractivity contribution < 1.29 is 13.7 Å². The van der Waals surface area contributed by atoms with Gasteiger partial charge in [-0.15, -0.1) is 0 Å². The molecule has 126 valence electrons. The number of hydrogen-bond donors (Lipinski definition) is 0. The zero-order valence-electron chi connectivity index (χ0n) is 13.3. The minimum atomic E-state index is -0.291. The number of fused-ring (bicyclic) bond motifs is 1. The monoisotopic (exact) mass is 337 g/mol. The van der Waals surface area contributed by atoms with Crippen LogP contribution in [-0.2, 0) is 0 Å². The summed E-state index contributed by atoms with van der Waals surface area (Å²) in [5.41, 5.74) is 0.203. The molecule has 0 radical (unpaired) electrons. The average molecular weight is 337 g/mol. The molecule has 0 atom stereocenters. The third-order valence-corrected chi connectivity index (χ3v) is 4.76. The summed E-state index contributed by atoms with van der Waals surface area (Å²) in [6, 6.07) is 8.16. The van der Waals surface area contributed by atoms with Gasteiger partial charge in [-0.05, 0) is 25.0 Å². The minimum absolute atomic E-state index is 0.0520. The standard InChI is InChI=1S/C18H15N3O4/c22-13-7-15(24-14-4-2-1-3-12(13)14)18(23)21-8-11(9-21)17-19-16(20-25-17)10-5-6-10/h1-4,7,10-11H,5-6,8-9H2. The van der Waals surface area contributed by atoms with Gasteiger partial charge in [-0.25, -0.2) is 0 Å². The second kappa shape index (κ2) is 5.27. The number of nitrogens with zero attached hydrogens (tertiary/aromatic N) is 3. The maximum absolute atomic E-state index is 12.5. The highest BCUT2D eigenvalue weighted by Gasteiger charge is 2.38. The number of rotatable bonds is 3. The number of carbonyl (C=O) groups is 1. The number of benzene rings is 1. The van der Waals surface area contributed by atoms with Crippen molar-refractivity contribution in [1.29, 1.82) is 0 Å². The smallest absolute Gasteiger partial charge is 0.289 e. The number of hydrogen-bond acceptors (Lipinski definition) is 6. The highest BCUT2D eigenvalue weighted by molar-refractivity contribution is 5.93. The van der Waals surface area contributed by atoms with Crippen LogP contribution in [0, 0.1) is 0 Å². The molecular weight excluding hydrogens is 322 g/mol. The third kappa shape index (κ3) is 2.43. The molecule has 0 N–H and O–H groups in total. The SMILES string of the molecule is O=C(c1cc(=O)c2ccccc2o1)N1CC(c2nc(C3CC3)no2)C1. The molecule has 2 aliphatic rings. The first-order valence-corrected chi connectivity index (χ1v) is 8.35. The van der Waals surface area contributed by atoms with E-state index in [1.807, 2.05) is 0 Å². The Morgan fingerprint density at radius 3 is 2.76 bits per heavy atom. The first kappa shape index (κ1) is 14.4. The van der Waals surface area contributed by atoms with Crippen molar-refractivity contribution >= 4 is 16.9 Å². The fourth-order valence-corrected chi connectivity index (χ4v) is 3.09. The average Bonchev–Trinajstić information content (AvgIpc) is 3.32. The molecule has 1 aliphatic heterocycles. The maximum atomic E-state index is 12.5. The number of amides is 1. The molecule has 7 heteroatoms. The Kier molecular flexibility index (Phi) is 3.03. The van der Waals surface area contributed by atoms with Gasteiger partial charge in [0.1, 0.15) is 5.58 Å². The lowest BCUT2D eigenvalue weighted by Crippen LogP contribution is -2.48. The summed E-state index contributed by atoms with van der Waals surface area (Å²) in [4.78, 5) is 30.7. The molecule has 1 saturated heterocycles. The van der Waals surface area contributed by atoms with Crippen LogP contribution < -0.4 is 5.43 Å². The van der Waals surface area contributed by atoms with E-state index in [1.54, 1.807) is 29.2 Å². The molecule has 0 bridgehead atoms. The number of likely N-dealkylation sites (tertiary alicyclic amines) is 1. The Balaban J connectivity index is 1.33. The minimum Gasteiger partial charge on any atom is -0.451 e. The van der Waals surface area contributed by atoms with Crippen LogP contribution in [0.5, 0.6) is 0 Å². The van der Waals surface area contributed by atoms with E-state index >= 15 is 0 Å². The van der Waals surface area contributed by atoms with Gasteiger partial charge in [0, 0.05) is 25.1 Å². The second-order valence-corrected chi connectivity index (χ2v) is 6.64. The van der Waals surface area contributed by atoms with Gasteiger partial charge in [0.15, 0.2) is 17.0 Å². The van der Waals surface area contributed by atoms with Crippen LogP contribution in [0.1, 0.15) is 46.9 Å². The van der Waals surface area contributed by atoms with Crippen molar-refractivity contribution in [3.05, 3.63) is 58.0 Å². The summed E-state index contributed by atoms with van der Waals surface area (Å²) in [6.07, 6.45) is 2.24. The summed E-state index contributed by atoms with van der Waals surface area (Å²) >= 11 is 0. The Bertz CT molecular complexity index is 1030. The van der Waals surface area contributed by atoms with E-state index in [-0.39, 0.29) is 23.0 Å². The van der Waals surface area contributed by atoms with Crippen LogP contribution in [0.4, 0.5) is 0 Å². The van der Waals surface area contributed by atoms with Crippen molar-refractivity contribution in [2.75, 3.05) is 13.1 Å². The van der Waals surface area contributed by atoms with Gasteiger partial charge in [-0.3, -0.25) is 9.59 Å². The topological polar surface area (TPSA) is 89.4 Å². The molecule has 3 aromatic rings. The van der Waals surface area contributed by atoms with Crippen LogP contribution in [0.15, 0.2) is 44.1 Å². The molecule has 5 rings (SSSR count). The number of carbonyl (C=O) groups excluding carboxylic acids is 1. The molecule has 1 saturated carbocycles. The Hall–Kier alpha value is -2.96. The van der Waals surface area contributed by atoms with Gasteiger partial charge >= 0.3 is 0 Å². The normalized spacial score (nSPS) is 17.7. The molecule has 25 heavy (non-hydrogen) atoms. The van der Waals surface area contributed by atoms with Crippen LogP contribution in [0.3, 0.4) is 0 Å². The number of aromatic nitrogens is 2. The lowest BCUT2D eigenvalue weighted by Gasteiger charge is -2.36. The van der Waals surface area contributed by atoms with E-state index in [1.165, 1.54) is 6.07 Å². The van der Waals surface area contributed by atoms with Gasteiger partial charge in [-0.2, -0.15) is 4.98 Å². The van der Waals surface area contributed by atoms with Crippen molar-refractivity contribution in [3.63, 3.8) is 0 Å². The van der Waals surface area contributed by atoms with Crippen molar-refractivity contribution in [2.24, 2.45) is 0 Å². The van der Waals surface area contributed by atoms with Gasteiger partial charge in [0.25, 0.3) is 5.91 Å². The van der Waals surface area contributed by atoms with Gasteiger partial charge in [0.2, 0.25) is 5.89 Å². The van der Waals surface area contributed by atoms with Crippen molar-refractivity contribution in [2.45, 2.75) is 24.7 Å². The fraction of sp³-hybridized carbons (Fsp3) is 0.333. The lowest BCUT2D eigenvalue weighted by atomic mass is 9.99. The van der Waals surface area contributed by atoms with Gasteiger partial charge in [-0.1, -0.05) is 17.3 Å². The summed E-state index contributed by atoms with van der Waals surface area (Å²) in [5.74, 6) is 1.64. The predicted molar refractivity (Wildman–Crippen MR) is 87.4 cm³/mol. The second-order valence-electron chi connectivity index (χ2n) is 6.64. The van der Waals surface area contributed by atoms with E-state index < -0.39 is 0 Å². The summed E-state index contributed by atoms with van der Waals surface area (Å²) < 4.78 is 10.9. The Morgan fingerprint density at radius 1 is 1.16 bits per heavy atom. The van der Waals surface area contributed by atoms with Crippen LogP contribution in [0.2, 0.25) is 0 Å². The quantitative estimate of drug-likeness (QED) is 0.728. The molecule has 1 amide bonds. The Labute approximate surface area is 142 Å². The highest BCUT2D eigenvalue weighted by atomic mass is 16.5. The van der Waals surface area contributed by atoms with Gasteiger partial charge < -0.3 is 13.8 Å². The molecular formula is C18H15N3O4. The third-order valence-electron chi connectivity index (χ3n) is 4.76. The first-order valence-electron chi connectivity index (χ1n) is 8.35. The van der Waals surface area contributed by atoms with E-state index in [2.05, 4.69) is 10.1 Å². The molecule has 1 aliphatic carbocycles. The summed E-state index contributed by atoms with van der Waals surface area (Å²) in [7, 11) is 0. The fourth-order valence-electron chi connectivity index (χ4n) is 3.09. The van der Waals surface area contributed by atoms with Crippen molar-refractivity contribution in [3.8, 4) is 0 Å². The first-order chi connectivity index (χ1) is 12.2. The molecule has 1 aromatic carbocycles. The molecule has 0 unspecified atom stereocenters. The van der Waals surface area contributed by atoms with E-state index in [0.29, 0.717) is 35.9 Å². The van der Waals surface area contributed by atoms with Gasteiger partial charge in [0.05, 0.1) is 11.3 Å². The molecule has 0 spiro atoms. The van der Waals surface area contributed by atoms with Crippen LogP contribution in [-0.4, -0.2) is 34.0 Å². The molecule has 2 aromatic heterocycles. The highest BCUT2D eigenvalue weighted by Crippen LogP contribution is 2.39. The zero-order chi connectivity index (χ0) is 17.0. The molecule has 3 heterocycles. The summed E-state index contributed by atoms with van der Waals surface area (Å²) in [6.45, 7) is 0.976. The zero-order valence-corrected chi connectivity index (χ0v) is 13.3. The van der Waals surface area contributed by atoms with Crippen molar-refractivity contribution in [1.82, 2.24) is 15.0 Å². The van der Waals surface area contributed by atoms with Crippen LogP contribution >= 0.6 is 0 Å². The van der Waals surface area contributed by atoms with E-state index in [4.69, 9.17) is 8.94 Å². The van der Waals surface area contributed by atoms with E-state index in [0.717, 1.165) is 18.7 Å². The van der Waals surface area contributed by atoms with E-state index in [9.17, 15) is 9.59 Å². The maximum Gasteiger partial charge on any atom is 0.289 e. The largest absolute Gasteiger partial charge is 0.451 e. The Morgan fingerprint density at radius 2 is 1.96 bits per heavy atom. The van der Waals surface area contributed by atoms with Crippen LogP contribution in [0.25, 0.3) is 11.0 Å². The molecule has 7 nitrogen and oxygen atoms in total. The predicted octanol–water partition coefficient (Wildman–Crippen LogP) is 2.29.